The molecule has 0 amide bonds. The fraction of sp³-hybridized carbons (Fsp3) is 0.333. The number of nitrogens with one attached hydrogen (secondary N) is 1. The van der Waals surface area contributed by atoms with Gasteiger partial charge in [-0.1, -0.05) is 48.0 Å². The molecule has 1 aliphatic heterocycles. The summed E-state index contributed by atoms with van der Waals surface area (Å²) in [6, 6.07) is 13.8. The van der Waals surface area contributed by atoms with Crippen LogP contribution in [-0.2, 0) is 16.8 Å². The number of rotatable bonds is 4. The molecule has 0 radical (unpaired) electrons. The predicted octanol–water partition coefficient (Wildman–Crippen LogP) is 3.32. The van der Waals surface area contributed by atoms with Crippen LogP contribution in [0.15, 0.2) is 48.5 Å². The van der Waals surface area contributed by atoms with Crippen LogP contribution in [0.5, 0.6) is 0 Å². The van der Waals surface area contributed by atoms with Gasteiger partial charge in [0.2, 0.25) is 0 Å². The summed E-state index contributed by atoms with van der Waals surface area (Å²) in [7, 11) is 0. The Kier molecular flexibility index (Phi) is 6.61. The monoisotopic (exact) mass is 371 g/mol. The van der Waals surface area contributed by atoms with Crippen LogP contribution in [0.2, 0.25) is 5.02 Å². The lowest BCUT2D eigenvalue weighted by Gasteiger charge is -2.39. The lowest BCUT2D eigenvalue weighted by Crippen LogP contribution is -2.52. The van der Waals surface area contributed by atoms with Crippen LogP contribution in [0.3, 0.4) is 0 Å². The Bertz CT molecular complexity index is 645. The van der Waals surface area contributed by atoms with Crippen molar-refractivity contribution >= 4 is 24.0 Å². The first-order chi connectivity index (χ1) is 11.1. The van der Waals surface area contributed by atoms with E-state index in [-0.39, 0.29) is 18.8 Å². The third-order valence-electron chi connectivity index (χ3n) is 4.24. The van der Waals surface area contributed by atoms with Crippen molar-refractivity contribution in [2.24, 2.45) is 0 Å². The Labute approximate surface area is 152 Å². The van der Waals surface area contributed by atoms with Gasteiger partial charge in [0, 0.05) is 30.1 Å². The summed E-state index contributed by atoms with van der Waals surface area (Å²) in [5.74, 6) is -0.421. The van der Waals surface area contributed by atoms with Gasteiger partial charge in [0.25, 0.3) is 0 Å². The maximum absolute atomic E-state index is 14.2. The second-order valence-electron chi connectivity index (χ2n) is 5.73. The van der Waals surface area contributed by atoms with Crippen molar-refractivity contribution in [3.8, 4) is 0 Å². The minimum Gasteiger partial charge on any atom is -0.382 e. The highest BCUT2D eigenvalue weighted by molar-refractivity contribution is 6.31. The number of halogens is 3. The molecule has 2 N–H and O–H groups in total. The third-order valence-corrected chi connectivity index (χ3v) is 4.60. The Morgan fingerprint density at radius 1 is 1.21 bits per heavy atom. The molecule has 3 rings (SSSR count). The van der Waals surface area contributed by atoms with E-state index in [1.54, 1.807) is 12.1 Å². The maximum atomic E-state index is 14.2. The molecule has 0 spiro atoms. The standard InChI is InChI=1S/C18H19ClFNO2.ClH/c19-15-7-4-8-16(20)14(15)11-18(22,13-5-2-1-3-6-13)17-12-21-9-10-23-17;/h1-8,17,21-22H,9-12H2;1H. The molecule has 130 valence electrons. The average Bonchev–Trinajstić information content (AvgIpc) is 2.60. The smallest absolute Gasteiger partial charge is 0.128 e. The molecule has 0 saturated carbocycles. The fourth-order valence-electron chi connectivity index (χ4n) is 2.97. The van der Waals surface area contributed by atoms with Gasteiger partial charge in [-0.05, 0) is 17.7 Å². The average molecular weight is 372 g/mol. The molecule has 1 heterocycles. The largest absolute Gasteiger partial charge is 0.382 e. The van der Waals surface area contributed by atoms with Crippen molar-refractivity contribution < 1.29 is 14.2 Å². The number of benzene rings is 2. The lowest BCUT2D eigenvalue weighted by molar-refractivity contribution is -0.124. The summed E-state index contributed by atoms with van der Waals surface area (Å²) in [5.41, 5.74) is -0.372. The highest BCUT2D eigenvalue weighted by atomic mass is 35.5. The van der Waals surface area contributed by atoms with Crippen LogP contribution < -0.4 is 5.32 Å². The molecule has 0 aliphatic carbocycles. The first-order valence-corrected chi connectivity index (χ1v) is 8.02. The van der Waals surface area contributed by atoms with E-state index in [9.17, 15) is 9.50 Å². The molecule has 0 bridgehead atoms. The summed E-state index contributed by atoms with van der Waals surface area (Å²) in [6.45, 7) is 1.74. The van der Waals surface area contributed by atoms with Crippen molar-refractivity contribution in [3.63, 3.8) is 0 Å². The summed E-state index contributed by atoms with van der Waals surface area (Å²) in [5, 5.41) is 14.9. The molecule has 0 aromatic heterocycles. The van der Waals surface area contributed by atoms with Crippen molar-refractivity contribution in [2.75, 3.05) is 19.7 Å². The lowest BCUT2D eigenvalue weighted by atomic mass is 9.82. The molecule has 3 nitrogen and oxygen atoms in total. The zero-order valence-electron chi connectivity index (χ0n) is 13.0. The molecule has 2 atom stereocenters. The third kappa shape index (κ3) is 3.90. The Balaban J connectivity index is 0.00000208. The molecule has 1 aliphatic rings. The zero-order chi connectivity index (χ0) is 16.3. The van der Waals surface area contributed by atoms with Gasteiger partial charge in [0.1, 0.15) is 17.5 Å². The summed E-state index contributed by atoms with van der Waals surface area (Å²) in [6.07, 6.45) is -0.427. The number of hydrogen-bond acceptors (Lipinski definition) is 3. The van der Waals surface area contributed by atoms with Gasteiger partial charge in [-0.25, -0.2) is 4.39 Å². The second kappa shape index (κ2) is 8.28. The van der Waals surface area contributed by atoms with Gasteiger partial charge >= 0.3 is 0 Å². The predicted molar refractivity (Wildman–Crippen MR) is 95.3 cm³/mol. The first kappa shape index (κ1) is 19.2. The number of ether oxygens (including phenoxy) is 1. The molecule has 2 unspecified atom stereocenters. The van der Waals surface area contributed by atoms with E-state index >= 15 is 0 Å². The molecule has 2 aromatic rings. The van der Waals surface area contributed by atoms with E-state index < -0.39 is 17.5 Å². The molecule has 24 heavy (non-hydrogen) atoms. The molecule has 1 saturated heterocycles. The first-order valence-electron chi connectivity index (χ1n) is 7.64. The van der Waals surface area contributed by atoms with Crippen molar-refractivity contribution in [1.29, 1.82) is 0 Å². The quantitative estimate of drug-likeness (QED) is 0.865. The number of hydrogen-bond donors (Lipinski definition) is 2. The molecule has 1 fully saturated rings. The van der Waals surface area contributed by atoms with E-state index in [4.69, 9.17) is 16.3 Å². The highest BCUT2D eigenvalue weighted by Gasteiger charge is 2.41. The van der Waals surface area contributed by atoms with E-state index in [2.05, 4.69) is 5.32 Å². The van der Waals surface area contributed by atoms with Crippen molar-refractivity contribution in [3.05, 3.63) is 70.5 Å². The van der Waals surface area contributed by atoms with E-state index in [1.807, 2.05) is 30.3 Å². The second-order valence-corrected chi connectivity index (χ2v) is 6.14. The minimum absolute atomic E-state index is 0. The van der Waals surface area contributed by atoms with E-state index in [0.29, 0.717) is 29.3 Å². The Morgan fingerprint density at radius 3 is 2.58 bits per heavy atom. The van der Waals surface area contributed by atoms with Crippen LogP contribution >= 0.6 is 24.0 Å². The summed E-state index contributed by atoms with van der Waals surface area (Å²) in [4.78, 5) is 0. The van der Waals surface area contributed by atoms with Gasteiger partial charge < -0.3 is 15.2 Å². The van der Waals surface area contributed by atoms with Gasteiger partial charge in [-0.3, -0.25) is 0 Å². The van der Waals surface area contributed by atoms with Gasteiger partial charge in [-0.2, -0.15) is 0 Å². The van der Waals surface area contributed by atoms with Crippen LogP contribution in [0.25, 0.3) is 0 Å². The van der Waals surface area contributed by atoms with E-state index in [1.165, 1.54) is 6.07 Å². The van der Waals surface area contributed by atoms with Crippen LogP contribution in [0, 0.1) is 5.82 Å². The maximum Gasteiger partial charge on any atom is 0.128 e. The van der Waals surface area contributed by atoms with Gasteiger partial charge in [0.15, 0.2) is 0 Å². The zero-order valence-corrected chi connectivity index (χ0v) is 14.6. The Hall–Kier alpha value is -1.17. The number of morpholine rings is 1. The van der Waals surface area contributed by atoms with Crippen molar-refractivity contribution in [1.82, 2.24) is 5.32 Å². The highest BCUT2D eigenvalue weighted by Crippen LogP contribution is 2.34. The fourth-order valence-corrected chi connectivity index (χ4v) is 3.20. The molecular weight excluding hydrogens is 352 g/mol. The normalized spacial score (nSPS) is 20.0. The molecule has 6 heteroatoms. The molecular formula is C18H20Cl2FNO2. The SMILES string of the molecule is Cl.OC(Cc1c(F)cccc1Cl)(c1ccccc1)C1CNCCO1. The van der Waals surface area contributed by atoms with Crippen LogP contribution in [0.1, 0.15) is 11.1 Å². The topological polar surface area (TPSA) is 41.5 Å². The van der Waals surface area contributed by atoms with Crippen LogP contribution in [0.4, 0.5) is 4.39 Å². The summed E-state index contributed by atoms with van der Waals surface area (Å²) < 4.78 is 20.0. The van der Waals surface area contributed by atoms with Crippen LogP contribution in [-0.4, -0.2) is 30.9 Å². The summed E-state index contributed by atoms with van der Waals surface area (Å²) >= 11 is 6.15. The Morgan fingerprint density at radius 2 is 1.96 bits per heavy atom. The molecule has 2 aromatic carbocycles. The van der Waals surface area contributed by atoms with Crippen molar-refractivity contribution in [2.45, 2.75) is 18.1 Å². The minimum atomic E-state index is -1.36. The number of aliphatic hydroxyl groups is 1. The van der Waals surface area contributed by atoms with Gasteiger partial charge in [-0.15, -0.1) is 12.4 Å². The van der Waals surface area contributed by atoms with Gasteiger partial charge in [0.05, 0.1) is 6.61 Å². The van der Waals surface area contributed by atoms with E-state index in [0.717, 1.165) is 6.54 Å².